The van der Waals surface area contributed by atoms with Crippen LogP contribution in [0.25, 0.3) is 0 Å². The zero-order valence-corrected chi connectivity index (χ0v) is 12.4. The Morgan fingerprint density at radius 2 is 2.41 bits per heavy atom. The van der Waals surface area contributed by atoms with Crippen molar-refractivity contribution in [2.75, 3.05) is 19.0 Å². The van der Waals surface area contributed by atoms with Gasteiger partial charge in [-0.1, -0.05) is 0 Å². The van der Waals surface area contributed by atoms with Gasteiger partial charge in [0.2, 0.25) is 0 Å². The van der Waals surface area contributed by atoms with Crippen molar-refractivity contribution in [1.82, 2.24) is 15.1 Å². The summed E-state index contributed by atoms with van der Waals surface area (Å²) in [5, 5.41) is 10.4. The van der Waals surface area contributed by atoms with Crippen LogP contribution in [0.4, 0.5) is 10.6 Å². The Labute approximate surface area is 128 Å². The average molecular weight is 302 g/mol. The second-order valence-corrected chi connectivity index (χ2v) is 5.13. The Kier molecular flexibility index (Phi) is 4.34. The van der Waals surface area contributed by atoms with E-state index < -0.39 is 0 Å². The summed E-state index contributed by atoms with van der Waals surface area (Å²) < 4.78 is 10.8. The molecule has 3 heterocycles. The van der Waals surface area contributed by atoms with Crippen LogP contribution in [0.5, 0.6) is 0 Å². The van der Waals surface area contributed by atoms with Crippen LogP contribution in [-0.2, 0) is 11.3 Å². The van der Waals surface area contributed by atoms with Crippen molar-refractivity contribution < 1.29 is 13.9 Å². The predicted molar refractivity (Wildman–Crippen MR) is 79.2 cm³/mol. The van der Waals surface area contributed by atoms with Crippen molar-refractivity contribution in [1.29, 1.82) is 0 Å². The second kappa shape index (κ2) is 6.57. The summed E-state index contributed by atoms with van der Waals surface area (Å²) in [5.74, 6) is 2.00. The monoisotopic (exact) mass is 302 g/mol. The first-order chi connectivity index (χ1) is 10.8. The number of ether oxygens (including phenoxy) is 1. The van der Waals surface area contributed by atoms with Gasteiger partial charge in [-0.15, -0.1) is 5.10 Å². The largest absolute Gasteiger partial charge is 0.461 e. The quantitative estimate of drug-likeness (QED) is 0.939. The molecule has 2 amide bonds. The SMILES string of the molecule is COCc1ccc([C@H]2CCCN2C(=O)Nc2cccnn2)o1. The first kappa shape index (κ1) is 14.5. The normalized spacial score (nSPS) is 17.7. The Bertz CT molecular complexity index is 629. The molecule has 0 radical (unpaired) electrons. The van der Waals surface area contributed by atoms with Gasteiger partial charge in [-0.05, 0) is 37.1 Å². The van der Waals surface area contributed by atoms with Crippen LogP contribution < -0.4 is 5.32 Å². The molecule has 116 valence electrons. The van der Waals surface area contributed by atoms with Gasteiger partial charge in [-0.2, -0.15) is 5.10 Å². The number of nitrogens with zero attached hydrogens (tertiary/aromatic N) is 3. The molecule has 1 aliphatic heterocycles. The van der Waals surface area contributed by atoms with E-state index in [2.05, 4.69) is 15.5 Å². The van der Waals surface area contributed by atoms with Gasteiger partial charge in [-0.3, -0.25) is 5.32 Å². The number of rotatable bonds is 4. The maximum Gasteiger partial charge on any atom is 0.323 e. The second-order valence-electron chi connectivity index (χ2n) is 5.13. The molecule has 3 rings (SSSR count). The minimum absolute atomic E-state index is 0.0534. The van der Waals surface area contributed by atoms with Gasteiger partial charge in [-0.25, -0.2) is 4.79 Å². The van der Waals surface area contributed by atoms with Crippen molar-refractivity contribution in [3.05, 3.63) is 42.0 Å². The average Bonchev–Trinajstić information content (AvgIpc) is 3.17. The van der Waals surface area contributed by atoms with E-state index >= 15 is 0 Å². The van der Waals surface area contributed by atoms with Crippen molar-refractivity contribution in [2.24, 2.45) is 0 Å². The highest BCUT2D eigenvalue weighted by Crippen LogP contribution is 2.33. The van der Waals surface area contributed by atoms with Crippen molar-refractivity contribution in [2.45, 2.75) is 25.5 Å². The van der Waals surface area contributed by atoms with E-state index in [1.165, 1.54) is 0 Å². The van der Waals surface area contributed by atoms with Crippen LogP contribution in [-0.4, -0.2) is 34.8 Å². The summed E-state index contributed by atoms with van der Waals surface area (Å²) in [7, 11) is 1.62. The number of carbonyl (C=O) groups excluding carboxylic acids is 1. The zero-order valence-electron chi connectivity index (χ0n) is 12.4. The molecule has 0 spiro atoms. The lowest BCUT2D eigenvalue weighted by Gasteiger charge is -2.23. The topological polar surface area (TPSA) is 80.5 Å². The van der Waals surface area contributed by atoms with E-state index in [-0.39, 0.29) is 12.1 Å². The summed E-state index contributed by atoms with van der Waals surface area (Å²) in [5.41, 5.74) is 0. The molecule has 7 nitrogen and oxygen atoms in total. The molecule has 0 unspecified atom stereocenters. The van der Waals surface area contributed by atoms with Gasteiger partial charge in [0.1, 0.15) is 18.1 Å². The molecule has 0 saturated carbocycles. The van der Waals surface area contributed by atoms with E-state index in [9.17, 15) is 4.79 Å². The fourth-order valence-corrected chi connectivity index (χ4v) is 2.65. The molecule has 0 aliphatic carbocycles. The van der Waals surface area contributed by atoms with E-state index in [1.807, 2.05) is 12.1 Å². The summed E-state index contributed by atoms with van der Waals surface area (Å²) >= 11 is 0. The number of carbonyl (C=O) groups is 1. The smallest absolute Gasteiger partial charge is 0.323 e. The number of hydrogen-bond acceptors (Lipinski definition) is 5. The number of urea groups is 1. The number of likely N-dealkylation sites (tertiary alicyclic amines) is 1. The molecular formula is C15H18N4O3. The minimum Gasteiger partial charge on any atom is -0.461 e. The standard InChI is InChI=1S/C15H18N4O3/c1-21-10-11-6-7-13(22-11)12-4-3-9-19(12)15(20)17-14-5-2-8-16-18-14/h2,5-8,12H,3-4,9-10H2,1H3,(H,17,18,20)/t12-/m1/s1. The van der Waals surface area contributed by atoms with E-state index in [0.717, 1.165) is 24.4 Å². The summed E-state index contributed by atoms with van der Waals surface area (Å²) in [4.78, 5) is 14.2. The highest BCUT2D eigenvalue weighted by Gasteiger charge is 2.32. The molecule has 1 saturated heterocycles. The summed E-state index contributed by atoms with van der Waals surface area (Å²) in [6, 6.07) is 6.99. The van der Waals surface area contributed by atoms with Crippen molar-refractivity contribution in [3.63, 3.8) is 0 Å². The molecule has 1 fully saturated rings. The molecule has 2 aromatic heterocycles. The van der Waals surface area contributed by atoms with Crippen LogP contribution in [0, 0.1) is 0 Å². The lowest BCUT2D eigenvalue weighted by Crippen LogP contribution is -2.34. The van der Waals surface area contributed by atoms with Gasteiger partial charge in [0.15, 0.2) is 5.82 Å². The highest BCUT2D eigenvalue weighted by molar-refractivity contribution is 5.88. The van der Waals surface area contributed by atoms with Crippen molar-refractivity contribution >= 4 is 11.8 Å². The Hall–Kier alpha value is -2.41. The molecule has 0 aromatic carbocycles. The van der Waals surface area contributed by atoms with Crippen LogP contribution in [0.3, 0.4) is 0 Å². The Morgan fingerprint density at radius 1 is 1.50 bits per heavy atom. The minimum atomic E-state index is -0.187. The molecule has 1 aliphatic rings. The van der Waals surface area contributed by atoms with Gasteiger partial charge < -0.3 is 14.1 Å². The fourth-order valence-electron chi connectivity index (χ4n) is 2.65. The summed E-state index contributed by atoms with van der Waals surface area (Å²) in [6.45, 7) is 1.12. The first-order valence-electron chi connectivity index (χ1n) is 7.21. The molecule has 2 aromatic rings. The molecular weight excluding hydrogens is 284 g/mol. The third-order valence-electron chi connectivity index (χ3n) is 3.62. The zero-order chi connectivity index (χ0) is 15.4. The number of furan rings is 1. The van der Waals surface area contributed by atoms with Crippen LogP contribution in [0.2, 0.25) is 0 Å². The predicted octanol–water partition coefficient (Wildman–Crippen LogP) is 2.58. The lowest BCUT2D eigenvalue weighted by atomic mass is 10.2. The Morgan fingerprint density at radius 3 is 3.18 bits per heavy atom. The summed E-state index contributed by atoms with van der Waals surface area (Å²) in [6.07, 6.45) is 3.39. The van der Waals surface area contributed by atoms with Crippen LogP contribution >= 0.6 is 0 Å². The third-order valence-corrected chi connectivity index (χ3v) is 3.62. The molecule has 1 atom stereocenters. The molecule has 1 N–H and O–H groups in total. The Balaban J connectivity index is 1.70. The van der Waals surface area contributed by atoms with E-state index in [0.29, 0.717) is 19.0 Å². The highest BCUT2D eigenvalue weighted by atomic mass is 16.5. The maximum absolute atomic E-state index is 12.4. The molecule has 7 heteroatoms. The number of nitrogens with one attached hydrogen (secondary N) is 1. The number of aromatic nitrogens is 2. The third kappa shape index (κ3) is 3.09. The number of hydrogen-bond donors (Lipinski definition) is 1. The molecule has 0 bridgehead atoms. The fraction of sp³-hybridized carbons (Fsp3) is 0.400. The van der Waals surface area contributed by atoms with Gasteiger partial charge in [0, 0.05) is 19.9 Å². The number of methoxy groups -OCH3 is 1. The number of amides is 2. The van der Waals surface area contributed by atoms with Crippen molar-refractivity contribution in [3.8, 4) is 0 Å². The lowest BCUT2D eigenvalue weighted by molar-refractivity contribution is 0.157. The first-order valence-corrected chi connectivity index (χ1v) is 7.21. The van der Waals surface area contributed by atoms with Gasteiger partial charge >= 0.3 is 6.03 Å². The molecule has 22 heavy (non-hydrogen) atoms. The van der Waals surface area contributed by atoms with E-state index in [4.69, 9.17) is 9.15 Å². The van der Waals surface area contributed by atoms with Gasteiger partial charge in [0.25, 0.3) is 0 Å². The van der Waals surface area contributed by atoms with Gasteiger partial charge in [0.05, 0.1) is 6.04 Å². The maximum atomic E-state index is 12.4. The van der Waals surface area contributed by atoms with Crippen LogP contribution in [0.1, 0.15) is 30.4 Å². The number of anilines is 1. The van der Waals surface area contributed by atoms with Crippen LogP contribution in [0.15, 0.2) is 34.9 Å². The van der Waals surface area contributed by atoms with E-state index in [1.54, 1.807) is 30.3 Å².